The van der Waals surface area contributed by atoms with E-state index in [9.17, 15) is 10.1 Å². The summed E-state index contributed by atoms with van der Waals surface area (Å²) in [6.45, 7) is 0. The number of amides is 1. The second kappa shape index (κ2) is 4.71. The number of imidazole rings is 1. The summed E-state index contributed by atoms with van der Waals surface area (Å²) in [5.41, 5.74) is 2.64. The van der Waals surface area contributed by atoms with Crippen molar-refractivity contribution in [2.75, 3.05) is 5.32 Å². The van der Waals surface area contributed by atoms with Gasteiger partial charge in [-0.1, -0.05) is 42.5 Å². The molecule has 2 atom stereocenters. The number of anilines is 1. The summed E-state index contributed by atoms with van der Waals surface area (Å²) in [7, 11) is 0. The minimum absolute atomic E-state index is 0.306. The molecule has 22 heavy (non-hydrogen) atoms. The van der Waals surface area contributed by atoms with Crippen LogP contribution in [-0.2, 0) is 4.79 Å². The van der Waals surface area contributed by atoms with Gasteiger partial charge in [-0.05, 0) is 17.7 Å². The Hall–Kier alpha value is -3.13. The van der Waals surface area contributed by atoms with E-state index in [0.717, 1.165) is 16.6 Å². The van der Waals surface area contributed by atoms with Crippen LogP contribution in [0.2, 0.25) is 0 Å². The van der Waals surface area contributed by atoms with Crippen molar-refractivity contribution in [3.63, 3.8) is 0 Å². The molecule has 0 spiro atoms. The molecule has 1 aliphatic heterocycles. The molecule has 3 aromatic rings. The van der Waals surface area contributed by atoms with Crippen molar-refractivity contribution in [3.8, 4) is 6.07 Å². The predicted molar refractivity (Wildman–Crippen MR) is 82.0 cm³/mol. The molecule has 1 amide bonds. The number of nitriles is 1. The average Bonchev–Trinajstić information content (AvgIpc) is 2.92. The van der Waals surface area contributed by atoms with Crippen molar-refractivity contribution in [2.24, 2.45) is 5.92 Å². The van der Waals surface area contributed by atoms with Crippen molar-refractivity contribution in [2.45, 2.75) is 6.04 Å². The summed E-state index contributed by atoms with van der Waals surface area (Å²) in [4.78, 5) is 16.7. The van der Waals surface area contributed by atoms with Crippen molar-refractivity contribution in [1.82, 2.24) is 9.55 Å². The Morgan fingerprint density at radius 1 is 1.09 bits per heavy atom. The lowest BCUT2D eigenvalue weighted by Gasteiger charge is -2.29. The number of fused-ring (bicyclic) bond motifs is 3. The molecule has 1 aromatic heterocycles. The third-order valence-corrected chi connectivity index (χ3v) is 3.99. The summed E-state index contributed by atoms with van der Waals surface area (Å²) < 4.78 is 1.94. The number of hydrogen-bond donors (Lipinski definition) is 1. The molecule has 0 saturated carbocycles. The first-order chi connectivity index (χ1) is 10.8. The molecule has 1 aliphatic rings. The van der Waals surface area contributed by atoms with E-state index in [1.807, 2.05) is 59.2 Å². The van der Waals surface area contributed by atoms with Gasteiger partial charge in [0.2, 0.25) is 11.9 Å². The Balaban J connectivity index is 2.03. The van der Waals surface area contributed by atoms with Gasteiger partial charge in [-0.15, -0.1) is 0 Å². The van der Waals surface area contributed by atoms with Gasteiger partial charge in [0.15, 0.2) is 5.92 Å². The van der Waals surface area contributed by atoms with Gasteiger partial charge in [0, 0.05) is 0 Å². The molecular formula is C17H12N4O. The molecule has 0 saturated heterocycles. The van der Waals surface area contributed by atoms with Crippen LogP contribution in [-0.4, -0.2) is 15.5 Å². The number of carbonyl (C=O) groups excluding carboxylic acids is 1. The first-order valence-corrected chi connectivity index (χ1v) is 7.02. The topological polar surface area (TPSA) is 70.7 Å². The van der Waals surface area contributed by atoms with Crippen LogP contribution in [0.1, 0.15) is 11.6 Å². The van der Waals surface area contributed by atoms with E-state index in [0.29, 0.717) is 5.95 Å². The normalized spacial score (nSPS) is 20.2. The molecule has 0 unspecified atom stereocenters. The highest BCUT2D eigenvalue weighted by Gasteiger charge is 2.38. The van der Waals surface area contributed by atoms with Gasteiger partial charge in [-0.25, -0.2) is 4.98 Å². The van der Waals surface area contributed by atoms with Crippen LogP contribution < -0.4 is 5.32 Å². The molecule has 2 heterocycles. The number of carbonyl (C=O) groups is 1. The molecule has 0 fully saturated rings. The third-order valence-electron chi connectivity index (χ3n) is 3.99. The number of aromatic nitrogens is 2. The lowest BCUT2D eigenvalue weighted by molar-refractivity contribution is -0.119. The SMILES string of the molecule is N#C[C@@H]1C(=O)Nc2nc3ccccc3n2[C@@H]1c1ccccc1. The molecular weight excluding hydrogens is 276 g/mol. The molecule has 4 rings (SSSR count). The lowest BCUT2D eigenvalue weighted by atomic mass is 9.91. The zero-order valence-corrected chi connectivity index (χ0v) is 11.6. The second-order valence-corrected chi connectivity index (χ2v) is 5.25. The summed E-state index contributed by atoms with van der Waals surface area (Å²) in [6, 6.07) is 19.1. The Bertz CT molecular complexity index is 907. The molecule has 106 valence electrons. The zero-order valence-electron chi connectivity index (χ0n) is 11.6. The molecule has 0 radical (unpaired) electrons. The Kier molecular flexibility index (Phi) is 2.70. The highest BCUT2D eigenvalue weighted by molar-refractivity contribution is 5.97. The van der Waals surface area contributed by atoms with E-state index >= 15 is 0 Å². The maximum Gasteiger partial charge on any atom is 0.246 e. The smallest absolute Gasteiger partial charge is 0.246 e. The van der Waals surface area contributed by atoms with Crippen molar-refractivity contribution < 1.29 is 4.79 Å². The number of para-hydroxylation sites is 2. The summed E-state index contributed by atoms with van der Waals surface area (Å²) >= 11 is 0. The Morgan fingerprint density at radius 3 is 2.59 bits per heavy atom. The lowest BCUT2D eigenvalue weighted by Crippen LogP contribution is -2.37. The highest BCUT2D eigenvalue weighted by Crippen LogP contribution is 2.37. The first-order valence-electron chi connectivity index (χ1n) is 7.02. The van der Waals surface area contributed by atoms with E-state index in [4.69, 9.17) is 0 Å². The number of hydrogen-bond acceptors (Lipinski definition) is 3. The maximum absolute atomic E-state index is 12.3. The van der Waals surface area contributed by atoms with Crippen LogP contribution in [0.3, 0.4) is 0 Å². The van der Waals surface area contributed by atoms with E-state index in [-0.39, 0.29) is 11.9 Å². The average molecular weight is 288 g/mol. The minimum Gasteiger partial charge on any atom is -0.300 e. The Morgan fingerprint density at radius 2 is 1.82 bits per heavy atom. The quantitative estimate of drug-likeness (QED) is 0.748. The standard InChI is InChI=1S/C17H12N4O/c18-10-12-15(11-6-2-1-3-7-11)21-14-9-5-4-8-13(14)19-17(21)20-16(12)22/h1-9,12,15H,(H,19,20,22)/t12-,15+/m0/s1. The van der Waals surface area contributed by atoms with E-state index in [1.54, 1.807) is 0 Å². The van der Waals surface area contributed by atoms with Crippen molar-refractivity contribution in [3.05, 3.63) is 60.2 Å². The maximum atomic E-state index is 12.3. The van der Waals surface area contributed by atoms with Crippen LogP contribution in [0, 0.1) is 17.2 Å². The first kappa shape index (κ1) is 12.6. The van der Waals surface area contributed by atoms with Gasteiger partial charge >= 0.3 is 0 Å². The third kappa shape index (κ3) is 1.71. The number of rotatable bonds is 1. The summed E-state index contributed by atoms with van der Waals surface area (Å²) in [5.74, 6) is -0.599. The van der Waals surface area contributed by atoms with Gasteiger partial charge in [0.1, 0.15) is 0 Å². The fourth-order valence-corrected chi connectivity index (χ4v) is 3.02. The second-order valence-electron chi connectivity index (χ2n) is 5.25. The number of nitrogens with one attached hydrogen (secondary N) is 1. The molecule has 0 bridgehead atoms. The number of nitrogens with zero attached hydrogens (tertiary/aromatic N) is 3. The van der Waals surface area contributed by atoms with Crippen molar-refractivity contribution in [1.29, 1.82) is 5.26 Å². The van der Waals surface area contributed by atoms with Crippen LogP contribution in [0.15, 0.2) is 54.6 Å². The molecule has 5 heteroatoms. The van der Waals surface area contributed by atoms with Crippen LogP contribution in [0.5, 0.6) is 0 Å². The number of benzene rings is 2. The Labute approximate surface area is 126 Å². The fourth-order valence-electron chi connectivity index (χ4n) is 3.02. The van der Waals surface area contributed by atoms with E-state index in [1.165, 1.54) is 0 Å². The predicted octanol–water partition coefficient (Wildman–Crippen LogP) is 2.72. The molecule has 1 N–H and O–H groups in total. The van der Waals surface area contributed by atoms with Crippen LogP contribution >= 0.6 is 0 Å². The van der Waals surface area contributed by atoms with Crippen molar-refractivity contribution >= 4 is 22.9 Å². The molecule has 2 aromatic carbocycles. The largest absolute Gasteiger partial charge is 0.300 e. The van der Waals surface area contributed by atoms with Gasteiger partial charge in [0.25, 0.3) is 0 Å². The van der Waals surface area contributed by atoms with Gasteiger partial charge in [-0.3, -0.25) is 10.1 Å². The fraction of sp³-hybridized carbons (Fsp3) is 0.118. The summed E-state index contributed by atoms with van der Waals surface area (Å²) in [6.07, 6.45) is 0. The highest BCUT2D eigenvalue weighted by atomic mass is 16.2. The zero-order chi connectivity index (χ0) is 15.1. The van der Waals surface area contributed by atoms with Gasteiger partial charge < -0.3 is 4.57 Å². The monoisotopic (exact) mass is 288 g/mol. The van der Waals surface area contributed by atoms with E-state index in [2.05, 4.69) is 16.4 Å². The van der Waals surface area contributed by atoms with Crippen LogP contribution in [0.25, 0.3) is 11.0 Å². The molecule has 0 aliphatic carbocycles. The van der Waals surface area contributed by atoms with Gasteiger partial charge in [0.05, 0.1) is 23.1 Å². The minimum atomic E-state index is -0.785. The summed E-state index contributed by atoms with van der Waals surface area (Å²) in [5, 5.41) is 12.2. The van der Waals surface area contributed by atoms with E-state index < -0.39 is 5.92 Å². The van der Waals surface area contributed by atoms with Gasteiger partial charge in [-0.2, -0.15) is 5.26 Å². The molecule has 5 nitrogen and oxygen atoms in total. The van der Waals surface area contributed by atoms with Crippen LogP contribution in [0.4, 0.5) is 5.95 Å².